The van der Waals surface area contributed by atoms with Crippen LogP contribution in [0, 0.1) is 29.6 Å². The number of hydrogen-bond acceptors (Lipinski definition) is 2. The van der Waals surface area contributed by atoms with E-state index in [2.05, 4.69) is 13.8 Å². The monoisotopic (exact) mass is 488 g/mol. The van der Waals surface area contributed by atoms with Crippen molar-refractivity contribution in [1.82, 2.24) is 0 Å². The molecule has 0 aliphatic heterocycles. The number of esters is 1. The van der Waals surface area contributed by atoms with Gasteiger partial charge in [-0.15, -0.1) is 0 Å². The van der Waals surface area contributed by atoms with Crippen molar-refractivity contribution >= 4 is 5.97 Å². The molecule has 0 saturated heterocycles. The summed E-state index contributed by atoms with van der Waals surface area (Å²) in [6, 6.07) is 0. The third-order valence-corrected chi connectivity index (χ3v) is 10.1. The molecule has 0 spiro atoms. The third kappa shape index (κ3) is 10.4. The van der Waals surface area contributed by atoms with Crippen molar-refractivity contribution in [1.29, 1.82) is 0 Å². The molecule has 0 aromatic carbocycles. The van der Waals surface area contributed by atoms with Gasteiger partial charge in [-0.2, -0.15) is 0 Å². The first-order chi connectivity index (χ1) is 17.2. The van der Waals surface area contributed by atoms with Crippen LogP contribution in [0.15, 0.2) is 0 Å². The highest BCUT2D eigenvalue weighted by Crippen LogP contribution is 2.53. The van der Waals surface area contributed by atoms with Crippen molar-refractivity contribution in [3.8, 4) is 0 Å². The van der Waals surface area contributed by atoms with Crippen LogP contribution in [0.3, 0.4) is 0 Å². The van der Waals surface area contributed by atoms with Crippen molar-refractivity contribution < 1.29 is 9.53 Å². The molecule has 0 N–H and O–H groups in total. The second kappa shape index (κ2) is 17.1. The Kier molecular flexibility index (Phi) is 14.2. The number of unbranched alkanes of at least 4 members (excludes halogenated alkanes) is 12. The van der Waals surface area contributed by atoms with Crippen LogP contribution in [-0.4, -0.2) is 12.1 Å². The molecule has 3 aliphatic carbocycles. The van der Waals surface area contributed by atoms with Gasteiger partial charge in [-0.05, 0) is 81.0 Å². The first kappa shape index (κ1) is 29.0. The van der Waals surface area contributed by atoms with Crippen molar-refractivity contribution in [2.75, 3.05) is 0 Å². The number of carbonyl (C=O) groups excluding carboxylic acids is 1. The smallest absolute Gasteiger partial charge is 0.306 e. The predicted molar refractivity (Wildman–Crippen MR) is 149 cm³/mol. The molecule has 0 bridgehead atoms. The summed E-state index contributed by atoms with van der Waals surface area (Å²) < 4.78 is 5.99. The lowest BCUT2D eigenvalue weighted by atomic mass is 9.56. The maximum atomic E-state index is 12.4. The molecule has 0 amide bonds. The predicted octanol–water partition coefficient (Wildman–Crippen LogP) is 10.4. The van der Waals surface area contributed by atoms with Gasteiger partial charge in [0, 0.05) is 6.42 Å². The molecule has 3 rings (SSSR count). The van der Waals surface area contributed by atoms with E-state index in [1.54, 1.807) is 0 Å². The summed E-state index contributed by atoms with van der Waals surface area (Å²) in [4.78, 5) is 12.4. The molecule has 0 aromatic heterocycles. The topological polar surface area (TPSA) is 26.3 Å². The average molecular weight is 489 g/mol. The van der Waals surface area contributed by atoms with E-state index in [4.69, 9.17) is 4.74 Å². The Hall–Kier alpha value is -0.530. The Balaban J connectivity index is 1.27. The minimum atomic E-state index is 0.0848. The molecular weight excluding hydrogens is 428 g/mol. The first-order valence-electron chi connectivity index (χ1n) is 16.4. The minimum absolute atomic E-state index is 0.0848. The van der Waals surface area contributed by atoms with Gasteiger partial charge in [0.05, 0.1) is 0 Å². The molecule has 3 fully saturated rings. The molecule has 0 radical (unpaired) electrons. The second-order valence-corrected chi connectivity index (χ2v) is 12.8. The highest BCUT2D eigenvalue weighted by molar-refractivity contribution is 5.69. The molecule has 0 heterocycles. The summed E-state index contributed by atoms with van der Waals surface area (Å²) in [6.45, 7) is 4.57. The standard InChI is InChI=1S/C33H60O2/c1-3-5-7-9-11-13-15-17-27-19-23-31-28(25-27)20-21-29-26-30(22-24-32(29)31)35-33(34)18-16-14-12-10-8-6-4-2/h27-32H,3-26H2,1-2H3/t27-,28?,29?,30-,31?,32?/m0/s1. The zero-order valence-corrected chi connectivity index (χ0v) is 23.8. The fourth-order valence-electron chi connectivity index (χ4n) is 8.08. The van der Waals surface area contributed by atoms with E-state index in [9.17, 15) is 4.79 Å². The van der Waals surface area contributed by atoms with E-state index in [1.165, 1.54) is 128 Å². The largest absolute Gasteiger partial charge is 0.462 e. The van der Waals surface area contributed by atoms with E-state index in [0.717, 1.165) is 48.9 Å². The fraction of sp³-hybridized carbons (Fsp3) is 0.970. The lowest BCUT2D eigenvalue weighted by molar-refractivity contribution is -0.153. The number of fused-ring (bicyclic) bond motifs is 3. The normalized spacial score (nSPS) is 30.5. The fourth-order valence-corrected chi connectivity index (χ4v) is 8.08. The lowest BCUT2D eigenvalue weighted by Crippen LogP contribution is -2.43. The number of hydrogen-bond donors (Lipinski definition) is 0. The van der Waals surface area contributed by atoms with Crippen molar-refractivity contribution in [2.45, 2.75) is 174 Å². The highest BCUT2D eigenvalue weighted by atomic mass is 16.5. The van der Waals surface area contributed by atoms with Gasteiger partial charge < -0.3 is 4.74 Å². The van der Waals surface area contributed by atoms with Crippen LogP contribution in [0.2, 0.25) is 0 Å². The van der Waals surface area contributed by atoms with Gasteiger partial charge in [0.15, 0.2) is 0 Å². The third-order valence-electron chi connectivity index (χ3n) is 10.1. The molecule has 35 heavy (non-hydrogen) atoms. The van der Waals surface area contributed by atoms with Gasteiger partial charge >= 0.3 is 5.97 Å². The molecule has 2 heteroatoms. The summed E-state index contributed by atoms with van der Waals surface area (Å²) in [5.41, 5.74) is 0. The minimum Gasteiger partial charge on any atom is -0.462 e. The van der Waals surface area contributed by atoms with Gasteiger partial charge in [0.2, 0.25) is 0 Å². The van der Waals surface area contributed by atoms with Gasteiger partial charge in [-0.25, -0.2) is 0 Å². The number of carbonyl (C=O) groups is 1. The number of ether oxygens (including phenoxy) is 1. The van der Waals surface area contributed by atoms with Gasteiger partial charge in [0.1, 0.15) is 6.10 Å². The highest BCUT2D eigenvalue weighted by Gasteiger charge is 2.44. The molecule has 204 valence electrons. The quantitative estimate of drug-likeness (QED) is 0.150. The van der Waals surface area contributed by atoms with Gasteiger partial charge in [0.25, 0.3) is 0 Å². The van der Waals surface area contributed by atoms with Crippen LogP contribution in [0.4, 0.5) is 0 Å². The first-order valence-corrected chi connectivity index (χ1v) is 16.4. The second-order valence-electron chi connectivity index (χ2n) is 12.8. The summed E-state index contributed by atoms with van der Waals surface area (Å²) >= 11 is 0. The molecule has 2 nitrogen and oxygen atoms in total. The van der Waals surface area contributed by atoms with E-state index in [1.807, 2.05) is 0 Å². The Bertz CT molecular complexity index is 557. The van der Waals surface area contributed by atoms with Crippen LogP contribution in [0.1, 0.15) is 168 Å². The van der Waals surface area contributed by atoms with Crippen LogP contribution in [0.5, 0.6) is 0 Å². The molecule has 4 unspecified atom stereocenters. The van der Waals surface area contributed by atoms with Crippen LogP contribution in [-0.2, 0) is 9.53 Å². The Labute approximate surface area is 219 Å². The van der Waals surface area contributed by atoms with Crippen LogP contribution in [0.25, 0.3) is 0 Å². The maximum Gasteiger partial charge on any atom is 0.306 e. The van der Waals surface area contributed by atoms with E-state index < -0.39 is 0 Å². The zero-order valence-electron chi connectivity index (χ0n) is 23.8. The van der Waals surface area contributed by atoms with Gasteiger partial charge in [-0.3, -0.25) is 4.79 Å². The van der Waals surface area contributed by atoms with E-state index in [-0.39, 0.29) is 12.1 Å². The zero-order chi connectivity index (χ0) is 24.7. The Morgan fingerprint density at radius 2 is 1.14 bits per heavy atom. The molecule has 3 saturated carbocycles. The molecule has 3 aliphatic rings. The van der Waals surface area contributed by atoms with Crippen molar-refractivity contribution in [3.05, 3.63) is 0 Å². The number of rotatable bonds is 17. The van der Waals surface area contributed by atoms with Crippen molar-refractivity contribution in [2.24, 2.45) is 29.6 Å². The van der Waals surface area contributed by atoms with Crippen molar-refractivity contribution in [3.63, 3.8) is 0 Å². The van der Waals surface area contributed by atoms with Crippen LogP contribution >= 0.6 is 0 Å². The molecule has 0 aromatic rings. The maximum absolute atomic E-state index is 12.4. The lowest BCUT2D eigenvalue weighted by Gasteiger charge is -2.50. The molecule has 6 atom stereocenters. The Morgan fingerprint density at radius 1 is 0.600 bits per heavy atom. The Morgan fingerprint density at radius 3 is 1.80 bits per heavy atom. The van der Waals surface area contributed by atoms with Crippen LogP contribution < -0.4 is 0 Å². The average Bonchev–Trinajstić information content (AvgIpc) is 2.87. The summed E-state index contributed by atoms with van der Waals surface area (Å²) in [5.74, 6) is 4.88. The SMILES string of the molecule is CCCCCCCCCC(=O)O[C@H]1CCC2C(CCC3C[C@@H](CCCCCCCCC)CCC32)C1. The molecular formula is C33H60O2. The van der Waals surface area contributed by atoms with E-state index in [0.29, 0.717) is 6.42 Å². The summed E-state index contributed by atoms with van der Waals surface area (Å²) in [7, 11) is 0. The van der Waals surface area contributed by atoms with Gasteiger partial charge in [-0.1, -0.05) is 110 Å². The summed E-state index contributed by atoms with van der Waals surface area (Å²) in [5, 5.41) is 0. The van der Waals surface area contributed by atoms with E-state index >= 15 is 0 Å². The summed E-state index contributed by atoms with van der Waals surface area (Å²) in [6.07, 6.45) is 32.3.